The van der Waals surface area contributed by atoms with E-state index in [2.05, 4.69) is 22.0 Å². The minimum Gasteiger partial charge on any atom is -0.464 e. The van der Waals surface area contributed by atoms with Crippen LogP contribution in [0.25, 0.3) is 0 Å². The van der Waals surface area contributed by atoms with Crippen molar-refractivity contribution in [3.8, 4) is 0 Å². The highest BCUT2D eigenvalue weighted by atomic mass is 32.1. The Bertz CT molecular complexity index is 545. The van der Waals surface area contributed by atoms with Crippen molar-refractivity contribution in [2.45, 2.75) is 73.0 Å². The molecule has 2 unspecified atom stereocenters. The first kappa shape index (κ1) is 24.5. The van der Waals surface area contributed by atoms with Gasteiger partial charge >= 0.3 is 5.97 Å². The number of ether oxygens (including phenoxy) is 1. The van der Waals surface area contributed by atoms with E-state index in [1.165, 1.54) is 18.4 Å². The number of hydrogen-bond donors (Lipinski definition) is 2. The molecular formula is C19H34N2O4S. The van der Waals surface area contributed by atoms with Crippen LogP contribution < -0.4 is 5.32 Å². The standard InChI is InChI=1S/C17H28N2O4S.C2H6/c1-6-11(4)7-15(21)18-12(10(2)3)8-14(20)16-19-13(9-24-16)17(22)23-5;1-2/h9-12,14,20H,6-8H2,1-5H3,(H,18,21);1-2H3/t11-,12?,14?;/m0./s1. The Kier molecular flexibility index (Phi) is 12.1. The number of nitrogens with zero attached hydrogens (tertiary/aromatic N) is 1. The number of thiazole rings is 1. The number of rotatable bonds is 9. The summed E-state index contributed by atoms with van der Waals surface area (Å²) in [7, 11) is 1.29. The first-order valence-electron chi connectivity index (χ1n) is 9.29. The fourth-order valence-corrected chi connectivity index (χ4v) is 2.99. The van der Waals surface area contributed by atoms with Crippen LogP contribution in [0.5, 0.6) is 0 Å². The van der Waals surface area contributed by atoms with E-state index in [9.17, 15) is 14.7 Å². The fourth-order valence-electron chi connectivity index (χ4n) is 2.20. The molecule has 0 radical (unpaired) electrons. The lowest BCUT2D eigenvalue weighted by molar-refractivity contribution is -0.123. The Morgan fingerprint density at radius 2 is 1.92 bits per heavy atom. The summed E-state index contributed by atoms with van der Waals surface area (Å²) >= 11 is 1.21. The van der Waals surface area contributed by atoms with Gasteiger partial charge in [-0.1, -0.05) is 48.0 Å². The van der Waals surface area contributed by atoms with E-state index in [1.807, 2.05) is 34.6 Å². The largest absolute Gasteiger partial charge is 0.464 e. The number of carbonyl (C=O) groups excluding carboxylic acids is 2. The van der Waals surface area contributed by atoms with Crippen molar-refractivity contribution in [3.63, 3.8) is 0 Å². The van der Waals surface area contributed by atoms with E-state index in [1.54, 1.807) is 5.38 Å². The van der Waals surface area contributed by atoms with Gasteiger partial charge in [-0.25, -0.2) is 9.78 Å². The van der Waals surface area contributed by atoms with Crippen LogP contribution in [0.2, 0.25) is 0 Å². The summed E-state index contributed by atoms with van der Waals surface area (Å²) in [6, 6.07) is -0.151. The molecule has 0 saturated carbocycles. The van der Waals surface area contributed by atoms with Crippen molar-refractivity contribution in [1.82, 2.24) is 10.3 Å². The predicted octanol–water partition coefficient (Wildman–Crippen LogP) is 3.96. The van der Waals surface area contributed by atoms with Crippen LogP contribution in [-0.2, 0) is 9.53 Å². The minimum absolute atomic E-state index is 0.00429. The number of aliphatic hydroxyl groups excluding tert-OH is 1. The first-order chi connectivity index (χ1) is 12.3. The number of methoxy groups -OCH3 is 1. The van der Waals surface area contributed by atoms with Gasteiger partial charge < -0.3 is 15.2 Å². The number of carbonyl (C=O) groups is 2. The van der Waals surface area contributed by atoms with Gasteiger partial charge in [-0.3, -0.25) is 4.79 Å². The second-order valence-electron chi connectivity index (χ2n) is 6.45. The van der Waals surface area contributed by atoms with Crippen molar-refractivity contribution in [1.29, 1.82) is 0 Å². The van der Waals surface area contributed by atoms with Crippen LogP contribution in [0.3, 0.4) is 0 Å². The molecule has 0 spiro atoms. The topological polar surface area (TPSA) is 88.5 Å². The van der Waals surface area contributed by atoms with Gasteiger partial charge in [-0.2, -0.15) is 0 Å². The third kappa shape index (κ3) is 8.27. The summed E-state index contributed by atoms with van der Waals surface area (Å²) in [6.45, 7) is 12.1. The molecule has 0 aliphatic heterocycles. The number of aliphatic hydroxyl groups is 1. The maximum Gasteiger partial charge on any atom is 0.357 e. The lowest BCUT2D eigenvalue weighted by atomic mass is 9.97. The van der Waals surface area contributed by atoms with Gasteiger partial charge in [0, 0.05) is 24.3 Å². The average molecular weight is 387 g/mol. The molecule has 1 aromatic heterocycles. The highest BCUT2D eigenvalue weighted by molar-refractivity contribution is 7.09. The van der Waals surface area contributed by atoms with Crippen LogP contribution in [0.1, 0.15) is 82.4 Å². The van der Waals surface area contributed by atoms with Crippen LogP contribution in [0.15, 0.2) is 5.38 Å². The van der Waals surface area contributed by atoms with Crippen LogP contribution in [0.4, 0.5) is 0 Å². The van der Waals surface area contributed by atoms with Gasteiger partial charge in [0.15, 0.2) is 5.69 Å². The Morgan fingerprint density at radius 1 is 1.31 bits per heavy atom. The van der Waals surface area contributed by atoms with Crippen molar-refractivity contribution in [2.24, 2.45) is 11.8 Å². The molecule has 1 amide bonds. The molecule has 26 heavy (non-hydrogen) atoms. The second kappa shape index (κ2) is 12.8. The quantitative estimate of drug-likeness (QED) is 0.627. The van der Waals surface area contributed by atoms with Crippen molar-refractivity contribution in [3.05, 3.63) is 16.1 Å². The smallest absolute Gasteiger partial charge is 0.357 e. The molecule has 2 N–H and O–H groups in total. The van der Waals surface area contributed by atoms with Gasteiger partial charge in [0.2, 0.25) is 5.91 Å². The zero-order valence-corrected chi connectivity index (χ0v) is 17.9. The van der Waals surface area contributed by atoms with E-state index in [4.69, 9.17) is 0 Å². The molecule has 7 heteroatoms. The van der Waals surface area contributed by atoms with Gasteiger partial charge in [0.1, 0.15) is 11.1 Å². The molecule has 0 bridgehead atoms. The molecule has 0 aliphatic carbocycles. The number of nitrogens with one attached hydrogen (secondary N) is 1. The average Bonchev–Trinajstić information content (AvgIpc) is 3.12. The summed E-state index contributed by atoms with van der Waals surface area (Å²) in [5, 5.41) is 15.4. The van der Waals surface area contributed by atoms with Crippen LogP contribution in [0, 0.1) is 11.8 Å². The lowest BCUT2D eigenvalue weighted by Gasteiger charge is -2.25. The molecule has 150 valence electrons. The summed E-state index contributed by atoms with van der Waals surface area (Å²) in [4.78, 5) is 27.7. The fraction of sp³-hybridized carbons (Fsp3) is 0.737. The zero-order valence-electron chi connectivity index (χ0n) is 17.0. The Labute approximate surface area is 161 Å². The van der Waals surface area contributed by atoms with Gasteiger partial charge in [0.25, 0.3) is 0 Å². The van der Waals surface area contributed by atoms with E-state index in [0.29, 0.717) is 23.8 Å². The first-order valence-corrected chi connectivity index (χ1v) is 10.2. The molecule has 6 nitrogen and oxygen atoms in total. The molecule has 1 aromatic rings. The molecule has 0 aliphatic rings. The molecule has 1 heterocycles. The molecule has 3 atom stereocenters. The van der Waals surface area contributed by atoms with Crippen molar-refractivity contribution >= 4 is 23.2 Å². The van der Waals surface area contributed by atoms with Crippen LogP contribution >= 0.6 is 11.3 Å². The van der Waals surface area contributed by atoms with Crippen molar-refractivity contribution < 1.29 is 19.4 Å². The summed E-state index contributed by atoms with van der Waals surface area (Å²) in [5.74, 6) is 0.00138. The predicted molar refractivity (Wildman–Crippen MR) is 105 cm³/mol. The van der Waals surface area contributed by atoms with E-state index in [0.717, 1.165) is 6.42 Å². The molecule has 0 fully saturated rings. The number of amides is 1. The summed E-state index contributed by atoms with van der Waals surface area (Å²) < 4.78 is 4.62. The zero-order chi connectivity index (χ0) is 20.3. The summed E-state index contributed by atoms with van der Waals surface area (Å²) in [5.41, 5.74) is 0.193. The van der Waals surface area contributed by atoms with E-state index >= 15 is 0 Å². The number of esters is 1. The van der Waals surface area contributed by atoms with Gasteiger partial charge in [0.05, 0.1) is 7.11 Å². The Morgan fingerprint density at radius 3 is 2.42 bits per heavy atom. The third-order valence-electron chi connectivity index (χ3n) is 4.06. The second-order valence-corrected chi connectivity index (χ2v) is 7.34. The van der Waals surface area contributed by atoms with E-state index < -0.39 is 12.1 Å². The number of hydrogen-bond acceptors (Lipinski definition) is 6. The van der Waals surface area contributed by atoms with Crippen molar-refractivity contribution in [2.75, 3.05) is 7.11 Å². The Balaban J connectivity index is 0.00000301. The third-order valence-corrected chi connectivity index (χ3v) is 5.01. The highest BCUT2D eigenvalue weighted by Crippen LogP contribution is 2.25. The highest BCUT2D eigenvalue weighted by Gasteiger charge is 2.24. The van der Waals surface area contributed by atoms with Crippen LogP contribution in [-0.4, -0.2) is 35.1 Å². The molecular weight excluding hydrogens is 352 g/mol. The van der Waals surface area contributed by atoms with Gasteiger partial charge in [-0.05, 0) is 11.8 Å². The summed E-state index contributed by atoms with van der Waals surface area (Å²) in [6.07, 6.45) is 0.972. The minimum atomic E-state index is -0.829. The number of aromatic nitrogens is 1. The normalized spacial score (nSPS) is 14.0. The Hall–Kier alpha value is -1.47. The molecule has 0 saturated heterocycles. The molecule has 0 aromatic carbocycles. The lowest BCUT2D eigenvalue weighted by Crippen LogP contribution is -2.40. The SMILES string of the molecule is CC.CC[C@H](C)CC(=O)NC(CC(O)c1nc(C(=O)OC)cs1)C(C)C. The maximum absolute atomic E-state index is 12.1. The van der Waals surface area contributed by atoms with E-state index in [-0.39, 0.29) is 23.6 Å². The molecule has 1 rings (SSSR count). The monoisotopic (exact) mass is 386 g/mol. The van der Waals surface area contributed by atoms with Gasteiger partial charge in [-0.15, -0.1) is 11.3 Å². The maximum atomic E-state index is 12.1.